The first kappa shape index (κ1) is 29.1. The molecule has 0 spiro atoms. The zero-order valence-electron chi connectivity index (χ0n) is 19.1. The molecule has 16 heteroatoms. The largest absolute Gasteiger partial charge is 0.480 e. The van der Waals surface area contributed by atoms with E-state index in [1.54, 1.807) is 0 Å². The van der Waals surface area contributed by atoms with Gasteiger partial charge in [-0.15, -0.1) is 0 Å². The van der Waals surface area contributed by atoms with Gasteiger partial charge in [0.05, 0.1) is 18.9 Å². The molecule has 1 aliphatic rings. The van der Waals surface area contributed by atoms with E-state index in [9.17, 15) is 28.8 Å². The van der Waals surface area contributed by atoms with Crippen molar-refractivity contribution in [1.29, 1.82) is 0 Å². The van der Waals surface area contributed by atoms with Crippen LogP contribution in [0, 0.1) is 0 Å². The highest BCUT2D eigenvalue weighted by Gasteiger charge is 2.38. The van der Waals surface area contributed by atoms with Gasteiger partial charge in [0, 0.05) is 13.1 Å². The Kier molecular flexibility index (Phi) is 11.4. The zero-order valence-corrected chi connectivity index (χ0v) is 19.1. The standard InChI is InChI=1S/C19H33N9O7/c20-9(3-1-5-25-19(23)24)17(33)28-6-2-4-12(28)16(32)26-10(7-13(21)29)15(31)27-11(18(34)35)8-14(22)30/h9-12H,1-8,20H2,(H2,21,29)(H2,22,30)(H,26,32)(H,27,31)(H,34,35)(H4,23,24,25). The van der Waals surface area contributed by atoms with Crippen molar-refractivity contribution in [1.82, 2.24) is 15.5 Å². The van der Waals surface area contributed by atoms with Gasteiger partial charge in [-0.1, -0.05) is 0 Å². The topological polar surface area (TPSA) is 292 Å². The predicted molar refractivity (Wildman–Crippen MR) is 122 cm³/mol. The number of aliphatic carboxylic acids is 1. The molecule has 13 N–H and O–H groups in total. The summed E-state index contributed by atoms with van der Waals surface area (Å²) < 4.78 is 0. The van der Waals surface area contributed by atoms with Crippen LogP contribution >= 0.6 is 0 Å². The maximum absolute atomic E-state index is 12.9. The summed E-state index contributed by atoms with van der Waals surface area (Å²) >= 11 is 0. The molecular weight excluding hydrogens is 466 g/mol. The number of likely N-dealkylation sites (tertiary alicyclic amines) is 1. The summed E-state index contributed by atoms with van der Waals surface area (Å²) in [4.78, 5) is 77.1. The third-order valence-corrected chi connectivity index (χ3v) is 5.18. The van der Waals surface area contributed by atoms with E-state index >= 15 is 0 Å². The second-order valence-corrected chi connectivity index (χ2v) is 8.05. The Morgan fingerprint density at radius 1 is 0.971 bits per heavy atom. The van der Waals surface area contributed by atoms with Crippen LogP contribution < -0.4 is 39.3 Å². The van der Waals surface area contributed by atoms with Gasteiger partial charge in [-0.2, -0.15) is 0 Å². The molecule has 4 unspecified atom stereocenters. The van der Waals surface area contributed by atoms with Gasteiger partial charge in [0.1, 0.15) is 18.1 Å². The molecule has 1 fully saturated rings. The molecular formula is C19H33N9O7. The van der Waals surface area contributed by atoms with E-state index in [0.29, 0.717) is 12.8 Å². The Morgan fingerprint density at radius 3 is 2.11 bits per heavy atom. The van der Waals surface area contributed by atoms with E-state index in [1.807, 2.05) is 5.32 Å². The number of nitrogens with two attached hydrogens (primary N) is 5. The SMILES string of the molecule is NC(=O)CC(NC(=O)C(CC(N)=O)NC(=O)C1CCCN1C(=O)C(N)CCCN=C(N)N)C(=O)O. The molecule has 35 heavy (non-hydrogen) atoms. The number of guanidine groups is 1. The molecule has 196 valence electrons. The third kappa shape index (κ3) is 9.83. The molecule has 0 aromatic carbocycles. The second kappa shape index (κ2) is 13.7. The summed E-state index contributed by atoms with van der Waals surface area (Å²) in [6.07, 6.45) is 0.130. The van der Waals surface area contributed by atoms with Crippen LogP contribution in [0.3, 0.4) is 0 Å². The number of hydrogen-bond acceptors (Lipinski definition) is 8. The van der Waals surface area contributed by atoms with Gasteiger partial charge in [0.25, 0.3) is 0 Å². The number of carbonyl (C=O) groups is 6. The monoisotopic (exact) mass is 499 g/mol. The van der Waals surface area contributed by atoms with Crippen LogP contribution in [0.2, 0.25) is 0 Å². The fourth-order valence-corrected chi connectivity index (χ4v) is 3.51. The van der Waals surface area contributed by atoms with Crippen molar-refractivity contribution in [3.8, 4) is 0 Å². The summed E-state index contributed by atoms with van der Waals surface area (Å²) in [5.74, 6) is -5.83. The van der Waals surface area contributed by atoms with Crippen LogP contribution in [-0.2, 0) is 28.8 Å². The van der Waals surface area contributed by atoms with Crippen LogP contribution in [0.25, 0.3) is 0 Å². The Morgan fingerprint density at radius 2 is 1.57 bits per heavy atom. The lowest BCUT2D eigenvalue weighted by atomic mass is 10.1. The lowest BCUT2D eigenvalue weighted by molar-refractivity contribution is -0.144. The minimum Gasteiger partial charge on any atom is -0.480 e. The minimum absolute atomic E-state index is 0.0833. The first-order chi connectivity index (χ1) is 16.3. The highest BCUT2D eigenvalue weighted by Crippen LogP contribution is 2.19. The first-order valence-corrected chi connectivity index (χ1v) is 10.8. The number of aliphatic imine (C=N–C) groups is 1. The van der Waals surface area contributed by atoms with E-state index in [-0.39, 0.29) is 31.9 Å². The van der Waals surface area contributed by atoms with Gasteiger partial charge in [-0.25, -0.2) is 4.79 Å². The van der Waals surface area contributed by atoms with Crippen molar-refractivity contribution in [2.24, 2.45) is 33.7 Å². The number of carboxylic acid groups (broad SMARTS) is 1. The maximum Gasteiger partial charge on any atom is 0.326 e. The van der Waals surface area contributed by atoms with Gasteiger partial charge in [-0.3, -0.25) is 29.0 Å². The normalized spacial score (nSPS) is 17.5. The molecule has 0 bridgehead atoms. The van der Waals surface area contributed by atoms with Gasteiger partial charge >= 0.3 is 5.97 Å². The number of rotatable bonds is 14. The number of amides is 5. The summed E-state index contributed by atoms with van der Waals surface area (Å²) in [6, 6.07) is -5.09. The molecule has 16 nitrogen and oxygen atoms in total. The van der Waals surface area contributed by atoms with Crippen molar-refractivity contribution in [2.45, 2.75) is 62.7 Å². The smallest absolute Gasteiger partial charge is 0.326 e. The van der Waals surface area contributed by atoms with Crippen LogP contribution in [0.15, 0.2) is 4.99 Å². The van der Waals surface area contributed by atoms with E-state index in [0.717, 1.165) is 0 Å². The first-order valence-electron chi connectivity index (χ1n) is 10.8. The number of primary amides is 2. The summed E-state index contributed by atoms with van der Waals surface area (Å²) in [6.45, 7) is 0.537. The van der Waals surface area contributed by atoms with Crippen LogP contribution in [0.1, 0.15) is 38.5 Å². The van der Waals surface area contributed by atoms with E-state index in [2.05, 4.69) is 10.3 Å². The summed E-state index contributed by atoms with van der Waals surface area (Å²) in [7, 11) is 0. The van der Waals surface area contributed by atoms with Crippen molar-refractivity contribution in [3.05, 3.63) is 0 Å². The van der Waals surface area contributed by atoms with Crippen LogP contribution in [-0.4, -0.2) is 88.7 Å². The lowest BCUT2D eigenvalue weighted by Gasteiger charge is -2.28. The maximum atomic E-state index is 12.9. The Balaban J connectivity index is 2.86. The van der Waals surface area contributed by atoms with Crippen LogP contribution in [0.5, 0.6) is 0 Å². The number of nitrogens with zero attached hydrogens (tertiary/aromatic N) is 2. The molecule has 0 radical (unpaired) electrons. The average molecular weight is 500 g/mol. The van der Waals surface area contributed by atoms with Crippen LogP contribution in [0.4, 0.5) is 0 Å². The molecule has 0 aliphatic carbocycles. The number of nitrogens with one attached hydrogen (secondary N) is 2. The van der Waals surface area contributed by atoms with Crippen molar-refractivity contribution < 1.29 is 33.9 Å². The van der Waals surface area contributed by atoms with Crippen molar-refractivity contribution >= 4 is 41.5 Å². The average Bonchev–Trinajstić information content (AvgIpc) is 3.24. The second-order valence-electron chi connectivity index (χ2n) is 8.05. The molecule has 5 amide bonds. The van der Waals surface area contributed by atoms with Gasteiger partial charge < -0.3 is 49.3 Å². The highest BCUT2D eigenvalue weighted by atomic mass is 16.4. The minimum atomic E-state index is -1.67. The number of carboxylic acids is 1. The van der Waals surface area contributed by atoms with Crippen molar-refractivity contribution in [2.75, 3.05) is 13.1 Å². The quantitative estimate of drug-likeness (QED) is 0.0640. The third-order valence-electron chi connectivity index (χ3n) is 5.18. The number of hydrogen-bond donors (Lipinski definition) is 8. The van der Waals surface area contributed by atoms with Gasteiger partial charge in [-0.05, 0) is 25.7 Å². The van der Waals surface area contributed by atoms with Gasteiger partial charge in [0.2, 0.25) is 29.5 Å². The zero-order chi connectivity index (χ0) is 26.7. The highest BCUT2D eigenvalue weighted by molar-refractivity contribution is 5.97. The molecule has 4 atom stereocenters. The van der Waals surface area contributed by atoms with Crippen molar-refractivity contribution in [3.63, 3.8) is 0 Å². The fourth-order valence-electron chi connectivity index (χ4n) is 3.51. The van der Waals surface area contributed by atoms with Gasteiger partial charge in [0.15, 0.2) is 5.96 Å². The summed E-state index contributed by atoms with van der Waals surface area (Å²) in [5.41, 5.74) is 26.6. The molecule has 0 saturated carbocycles. The molecule has 0 aromatic rings. The van der Waals surface area contributed by atoms with E-state index in [4.69, 9.17) is 33.8 Å². The summed E-state index contributed by atoms with van der Waals surface area (Å²) in [5, 5.41) is 13.5. The predicted octanol–water partition coefficient (Wildman–Crippen LogP) is -4.84. The molecule has 1 heterocycles. The number of carbonyl (C=O) groups excluding carboxylic acids is 5. The Hall–Kier alpha value is -3.95. The Bertz CT molecular complexity index is 860. The van der Waals surface area contributed by atoms with E-state index < -0.39 is 72.5 Å². The lowest BCUT2D eigenvalue weighted by Crippen LogP contribution is -2.57. The molecule has 1 aliphatic heterocycles. The molecule has 1 saturated heterocycles. The molecule has 1 rings (SSSR count). The van der Waals surface area contributed by atoms with E-state index in [1.165, 1.54) is 4.90 Å². The molecule has 0 aromatic heterocycles. The Labute approximate surface area is 201 Å². The fraction of sp³-hybridized carbons (Fsp3) is 0.632.